The van der Waals surface area contributed by atoms with E-state index < -0.39 is 11.9 Å². The molecule has 0 spiro atoms. The van der Waals surface area contributed by atoms with E-state index in [1.54, 1.807) is 12.1 Å². The number of hydrogen-bond acceptors (Lipinski definition) is 3. The second kappa shape index (κ2) is 5.97. The molecule has 5 nitrogen and oxygen atoms in total. The van der Waals surface area contributed by atoms with Crippen LogP contribution in [0.2, 0.25) is 0 Å². The van der Waals surface area contributed by atoms with E-state index in [1.165, 1.54) is 12.1 Å². The maximum atomic E-state index is 11.0. The van der Waals surface area contributed by atoms with Crippen molar-refractivity contribution in [1.82, 2.24) is 0 Å². The summed E-state index contributed by atoms with van der Waals surface area (Å²) in [6.07, 6.45) is 1.48. The van der Waals surface area contributed by atoms with Gasteiger partial charge in [0.1, 0.15) is 6.10 Å². The van der Waals surface area contributed by atoms with E-state index in [4.69, 9.17) is 14.9 Å². The fourth-order valence-electron chi connectivity index (χ4n) is 1.48. The first-order valence-electron chi connectivity index (χ1n) is 5.31. The Morgan fingerprint density at radius 2 is 1.94 bits per heavy atom. The number of carboxylic acid groups (broad SMARTS) is 2. The molecule has 1 saturated heterocycles. The third-order valence-corrected chi connectivity index (χ3v) is 2.22. The third kappa shape index (κ3) is 3.18. The van der Waals surface area contributed by atoms with E-state index in [0.717, 1.165) is 0 Å². The Morgan fingerprint density at radius 1 is 1.39 bits per heavy atom. The van der Waals surface area contributed by atoms with Gasteiger partial charge in [0.2, 0.25) is 0 Å². The molecular weight excluding hydrogens is 236 g/mol. The molecule has 0 saturated carbocycles. The molecule has 0 aromatic heterocycles. The van der Waals surface area contributed by atoms with E-state index >= 15 is 0 Å². The van der Waals surface area contributed by atoms with Crippen LogP contribution in [0, 0.1) is 0 Å². The minimum absolute atomic E-state index is 0.174. The number of ether oxygens (including phenoxy) is 1. The normalized spacial score (nSPS) is 16.2. The lowest BCUT2D eigenvalue weighted by atomic mass is 9.99. The number of aromatic carboxylic acids is 2. The number of carbonyl (C=O) groups is 2. The van der Waals surface area contributed by atoms with Gasteiger partial charge in [-0.05, 0) is 18.6 Å². The molecule has 96 valence electrons. The highest BCUT2D eigenvalue weighted by molar-refractivity contribution is 6.02. The molecule has 1 aliphatic heterocycles. The van der Waals surface area contributed by atoms with Gasteiger partial charge in [0, 0.05) is 0 Å². The van der Waals surface area contributed by atoms with Crippen LogP contribution in [-0.2, 0) is 4.74 Å². The highest BCUT2D eigenvalue weighted by Gasteiger charge is 2.31. The molecule has 0 amide bonds. The molecule has 2 N–H and O–H groups in total. The first-order chi connectivity index (χ1) is 8.52. The number of carboxylic acids is 2. The lowest BCUT2D eigenvalue weighted by Gasteiger charge is -2.05. The Kier molecular flexibility index (Phi) is 4.62. The zero-order chi connectivity index (χ0) is 13.7. The van der Waals surface area contributed by atoms with Gasteiger partial charge in [0.25, 0.3) is 0 Å². The van der Waals surface area contributed by atoms with Gasteiger partial charge in [0.15, 0.2) is 0 Å². The maximum absolute atomic E-state index is 11.0. The smallest absolute Gasteiger partial charge is 0.336 e. The van der Waals surface area contributed by atoms with Gasteiger partial charge in [-0.15, -0.1) is 6.58 Å². The van der Waals surface area contributed by atoms with Gasteiger partial charge >= 0.3 is 11.9 Å². The van der Waals surface area contributed by atoms with Crippen LogP contribution in [-0.4, -0.2) is 28.8 Å². The van der Waals surface area contributed by atoms with Crippen molar-refractivity contribution in [2.75, 3.05) is 6.61 Å². The van der Waals surface area contributed by atoms with Crippen molar-refractivity contribution < 1.29 is 24.5 Å². The van der Waals surface area contributed by atoms with Crippen molar-refractivity contribution >= 4 is 11.9 Å². The standard InChI is InChI=1S/C10H8O5.C3H6/c11-9(12)6-3-1-2-5(7-4-15-7)8(6)10(13)14;1-3-2/h1-3,7H,4H2,(H,11,12)(H,13,14);3H,1H2,2H3. The van der Waals surface area contributed by atoms with Gasteiger partial charge in [0.05, 0.1) is 17.7 Å². The third-order valence-electron chi connectivity index (χ3n) is 2.22. The monoisotopic (exact) mass is 250 g/mol. The summed E-state index contributed by atoms with van der Waals surface area (Å²) in [6.45, 7) is 5.70. The second-order valence-electron chi connectivity index (χ2n) is 3.61. The number of hydrogen-bond donors (Lipinski definition) is 2. The molecule has 1 heterocycles. The van der Waals surface area contributed by atoms with Crippen LogP contribution < -0.4 is 0 Å². The second-order valence-corrected chi connectivity index (χ2v) is 3.61. The van der Waals surface area contributed by atoms with Gasteiger partial charge < -0.3 is 14.9 Å². The topological polar surface area (TPSA) is 87.1 Å². The van der Waals surface area contributed by atoms with Crippen LogP contribution in [0.1, 0.15) is 39.3 Å². The largest absolute Gasteiger partial charge is 0.478 e. The molecule has 0 aliphatic carbocycles. The predicted molar refractivity (Wildman–Crippen MR) is 64.9 cm³/mol. The quantitative estimate of drug-likeness (QED) is 0.635. The van der Waals surface area contributed by atoms with Gasteiger partial charge in [-0.3, -0.25) is 0 Å². The molecule has 1 aliphatic rings. The fourth-order valence-corrected chi connectivity index (χ4v) is 1.48. The van der Waals surface area contributed by atoms with E-state index in [1.807, 2.05) is 6.92 Å². The molecule has 5 heteroatoms. The molecule has 1 atom stereocenters. The molecule has 0 radical (unpaired) electrons. The summed E-state index contributed by atoms with van der Waals surface area (Å²) in [7, 11) is 0. The van der Waals surface area contributed by atoms with Crippen molar-refractivity contribution in [3.8, 4) is 0 Å². The van der Waals surface area contributed by atoms with E-state index in [2.05, 4.69) is 6.58 Å². The van der Waals surface area contributed by atoms with Crippen LogP contribution in [0.15, 0.2) is 30.9 Å². The summed E-state index contributed by atoms with van der Waals surface area (Å²) >= 11 is 0. The molecule has 1 aromatic carbocycles. The summed E-state index contributed by atoms with van der Waals surface area (Å²) in [5, 5.41) is 17.8. The van der Waals surface area contributed by atoms with Crippen LogP contribution in [0.4, 0.5) is 0 Å². The van der Waals surface area contributed by atoms with Crippen molar-refractivity contribution in [3.05, 3.63) is 47.5 Å². The van der Waals surface area contributed by atoms with E-state index in [9.17, 15) is 9.59 Å². The molecule has 1 fully saturated rings. The fraction of sp³-hybridized carbons (Fsp3) is 0.231. The number of benzene rings is 1. The Balaban J connectivity index is 0.000000492. The zero-order valence-electron chi connectivity index (χ0n) is 9.92. The average Bonchev–Trinajstić information content (AvgIpc) is 3.12. The number of allylic oxidation sites excluding steroid dienone is 1. The zero-order valence-corrected chi connectivity index (χ0v) is 9.92. The summed E-state index contributed by atoms with van der Waals surface area (Å²) in [5.74, 6) is -2.48. The number of epoxide rings is 1. The van der Waals surface area contributed by atoms with Crippen LogP contribution in [0.5, 0.6) is 0 Å². The minimum atomic E-state index is -1.24. The van der Waals surface area contributed by atoms with Crippen LogP contribution in [0.3, 0.4) is 0 Å². The molecule has 1 aromatic rings. The highest BCUT2D eigenvalue weighted by atomic mass is 16.6. The van der Waals surface area contributed by atoms with Gasteiger partial charge in [-0.1, -0.05) is 18.2 Å². The van der Waals surface area contributed by atoms with Crippen molar-refractivity contribution in [2.45, 2.75) is 13.0 Å². The van der Waals surface area contributed by atoms with Crippen LogP contribution >= 0.6 is 0 Å². The van der Waals surface area contributed by atoms with Crippen molar-refractivity contribution in [2.24, 2.45) is 0 Å². The van der Waals surface area contributed by atoms with E-state index in [-0.39, 0.29) is 17.2 Å². The first-order valence-corrected chi connectivity index (χ1v) is 5.31. The van der Waals surface area contributed by atoms with Crippen LogP contribution in [0.25, 0.3) is 0 Å². The molecule has 18 heavy (non-hydrogen) atoms. The van der Waals surface area contributed by atoms with Crippen molar-refractivity contribution in [1.29, 1.82) is 0 Å². The van der Waals surface area contributed by atoms with E-state index in [0.29, 0.717) is 12.2 Å². The number of rotatable bonds is 3. The highest BCUT2D eigenvalue weighted by Crippen LogP contribution is 2.33. The Labute approximate surface area is 104 Å². The molecule has 2 rings (SSSR count). The molecule has 0 bridgehead atoms. The predicted octanol–water partition coefficient (Wildman–Crippen LogP) is 2.35. The summed E-state index contributed by atoms with van der Waals surface area (Å²) < 4.78 is 4.96. The van der Waals surface area contributed by atoms with Gasteiger partial charge in [-0.25, -0.2) is 9.59 Å². The Morgan fingerprint density at radius 3 is 2.33 bits per heavy atom. The summed E-state index contributed by atoms with van der Waals surface area (Å²) in [4.78, 5) is 21.8. The first kappa shape index (κ1) is 13.9. The van der Waals surface area contributed by atoms with Gasteiger partial charge in [-0.2, -0.15) is 0 Å². The lowest BCUT2D eigenvalue weighted by Crippen LogP contribution is -2.11. The molecule has 1 unspecified atom stereocenters. The average molecular weight is 250 g/mol. The summed E-state index contributed by atoms with van der Waals surface area (Å²) in [6, 6.07) is 4.37. The van der Waals surface area contributed by atoms with Crippen molar-refractivity contribution in [3.63, 3.8) is 0 Å². The minimum Gasteiger partial charge on any atom is -0.478 e. The Hall–Kier alpha value is -2.14. The molecular formula is C13H14O5. The SMILES string of the molecule is C=CC.O=C(O)c1cccc(C2CO2)c1C(=O)O. The summed E-state index contributed by atoms with van der Waals surface area (Å²) in [5.41, 5.74) is 0.0606. The lowest BCUT2D eigenvalue weighted by molar-refractivity contribution is 0.0650. The Bertz CT molecular complexity index is 474. The maximum Gasteiger partial charge on any atom is 0.336 e.